The van der Waals surface area contributed by atoms with Crippen LogP contribution in [0.15, 0.2) is 36.4 Å². The number of carbonyl (C=O) groups excluding carboxylic acids is 2. The van der Waals surface area contributed by atoms with Gasteiger partial charge in [-0.1, -0.05) is 35.3 Å². The van der Waals surface area contributed by atoms with E-state index in [9.17, 15) is 9.59 Å². The molecule has 0 saturated heterocycles. The predicted octanol–water partition coefficient (Wildman–Crippen LogP) is 4.53. The van der Waals surface area contributed by atoms with Crippen LogP contribution < -0.4 is 10.6 Å². The van der Waals surface area contributed by atoms with Crippen molar-refractivity contribution in [3.63, 3.8) is 0 Å². The monoisotopic (exact) mass is 431 g/mol. The Morgan fingerprint density at radius 2 is 1.83 bits per heavy atom. The second-order valence-corrected chi connectivity index (χ2v) is 7.33. The van der Waals surface area contributed by atoms with Gasteiger partial charge in [0.2, 0.25) is 5.91 Å². The molecule has 0 unspecified atom stereocenters. The van der Waals surface area contributed by atoms with Gasteiger partial charge in [0.25, 0.3) is 0 Å². The molecule has 0 atom stereocenters. The summed E-state index contributed by atoms with van der Waals surface area (Å²) in [7, 11) is 0. The lowest BCUT2D eigenvalue weighted by molar-refractivity contribution is -0.120. The van der Waals surface area contributed by atoms with Gasteiger partial charge in [0.15, 0.2) is 5.82 Å². The molecule has 150 valence electrons. The molecule has 0 fully saturated rings. The first kappa shape index (κ1) is 20.8. The minimum atomic E-state index is -0.614. The molecule has 3 amide bonds. The number of benzene rings is 2. The van der Waals surface area contributed by atoms with Gasteiger partial charge < -0.3 is 5.32 Å². The lowest BCUT2D eigenvalue weighted by Crippen LogP contribution is -2.37. The van der Waals surface area contributed by atoms with Gasteiger partial charge in [0.1, 0.15) is 12.4 Å². The van der Waals surface area contributed by atoms with Crippen LogP contribution in [0, 0.1) is 20.8 Å². The van der Waals surface area contributed by atoms with Crippen molar-refractivity contribution < 1.29 is 9.59 Å². The van der Waals surface area contributed by atoms with Crippen molar-refractivity contribution in [2.45, 2.75) is 27.3 Å². The molecule has 0 aliphatic rings. The van der Waals surface area contributed by atoms with E-state index in [-0.39, 0.29) is 6.54 Å². The van der Waals surface area contributed by atoms with Crippen molar-refractivity contribution >= 4 is 40.8 Å². The lowest BCUT2D eigenvalue weighted by atomic mass is 10.1. The standard InChI is InChI=1S/C20H19Cl2N5O2/c1-11-5-4-6-17(12(11)2)24-20(29)25-18(28)10-27-19(23-13(3)26-27)14-7-8-15(21)16(22)9-14/h4-9H,10H2,1-3H3,(H2,24,25,28,29). The maximum atomic E-state index is 12.4. The number of aryl methyl sites for hydroxylation is 2. The van der Waals surface area contributed by atoms with Crippen LogP contribution in [-0.2, 0) is 11.3 Å². The number of imide groups is 1. The summed E-state index contributed by atoms with van der Waals surface area (Å²) in [6, 6.07) is 9.97. The molecule has 1 heterocycles. The zero-order valence-electron chi connectivity index (χ0n) is 16.1. The molecule has 0 radical (unpaired) electrons. The van der Waals surface area contributed by atoms with E-state index in [1.165, 1.54) is 4.68 Å². The molecule has 0 saturated carbocycles. The van der Waals surface area contributed by atoms with Gasteiger partial charge in [-0.3, -0.25) is 10.1 Å². The van der Waals surface area contributed by atoms with E-state index in [1.54, 1.807) is 31.2 Å². The molecule has 1 aromatic heterocycles. The van der Waals surface area contributed by atoms with Gasteiger partial charge in [-0.05, 0) is 56.2 Å². The zero-order valence-corrected chi connectivity index (χ0v) is 17.6. The number of urea groups is 1. The van der Waals surface area contributed by atoms with Gasteiger partial charge in [0, 0.05) is 11.3 Å². The van der Waals surface area contributed by atoms with Crippen molar-refractivity contribution in [1.82, 2.24) is 20.1 Å². The molecule has 0 spiro atoms. The number of rotatable bonds is 4. The fourth-order valence-electron chi connectivity index (χ4n) is 2.76. The van der Waals surface area contributed by atoms with Crippen molar-refractivity contribution in [2.24, 2.45) is 0 Å². The SMILES string of the molecule is Cc1nc(-c2ccc(Cl)c(Cl)c2)n(CC(=O)NC(=O)Nc2cccc(C)c2C)n1. The van der Waals surface area contributed by atoms with E-state index in [1.807, 2.05) is 26.0 Å². The van der Waals surface area contributed by atoms with Crippen LogP contribution in [-0.4, -0.2) is 26.7 Å². The van der Waals surface area contributed by atoms with Gasteiger partial charge in [-0.2, -0.15) is 5.10 Å². The van der Waals surface area contributed by atoms with E-state index in [4.69, 9.17) is 23.2 Å². The Labute approximate surface area is 178 Å². The molecule has 0 aliphatic carbocycles. The molecule has 29 heavy (non-hydrogen) atoms. The first-order valence-corrected chi connectivity index (χ1v) is 9.54. The number of hydrogen-bond acceptors (Lipinski definition) is 4. The number of nitrogens with zero attached hydrogens (tertiary/aromatic N) is 3. The predicted molar refractivity (Wildman–Crippen MR) is 113 cm³/mol. The number of anilines is 1. The average molecular weight is 432 g/mol. The molecule has 0 bridgehead atoms. The van der Waals surface area contributed by atoms with E-state index < -0.39 is 11.9 Å². The Morgan fingerprint density at radius 1 is 1.07 bits per heavy atom. The number of amides is 3. The van der Waals surface area contributed by atoms with E-state index in [0.29, 0.717) is 32.9 Å². The fraction of sp³-hybridized carbons (Fsp3) is 0.200. The second kappa shape index (κ2) is 8.63. The quantitative estimate of drug-likeness (QED) is 0.634. The Kier molecular flexibility index (Phi) is 6.20. The highest BCUT2D eigenvalue weighted by molar-refractivity contribution is 6.42. The van der Waals surface area contributed by atoms with Gasteiger partial charge in [-0.25, -0.2) is 14.5 Å². The summed E-state index contributed by atoms with van der Waals surface area (Å²) in [4.78, 5) is 28.9. The third kappa shape index (κ3) is 4.93. The van der Waals surface area contributed by atoms with Crippen LogP contribution in [0.25, 0.3) is 11.4 Å². The topological polar surface area (TPSA) is 88.9 Å². The number of carbonyl (C=O) groups is 2. The van der Waals surface area contributed by atoms with E-state index >= 15 is 0 Å². The number of aromatic nitrogens is 3. The first-order valence-electron chi connectivity index (χ1n) is 8.78. The molecule has 2 N–H and O–H groups in total. The van der Waals surface area contributed by atoms with Gasteiger partial charge in [0.05, 0.1) is 10.0 Å². The highest BCUT2D eigenvalue weighted by Crippen LogP contribution is 2.27. The third-order valence-electron chi connectivity index (χ3n) is 4.35. The maximum Gasteiger partial charge on any atom is 0.325 e. The molecule has 3 rings (SSSR count). The normalized spacial score (nSPS) is 10.7. The maximum absolute atomic E-state index is 12.4. The number of halogens is 2. The molecule has 7 nitrogen and oxygen atoms in total. The Hall–Kier alpha value is -2.90. The number of nitrogens with one attached hydrogen (secondary N) is 2. The third-order valence-corrected chi connectivity index (χ3v) is 5.09. The van der Waals surface area contributed by atoms with Crippen molar-refractivity contribution in [3.8, 4) is 11.4 Å². The molecular formula is C20H19Cl2N5O2. The Bertz CT molecular complexity index is 1090. The zero-order chi connectivity index (χ0) is 21.1. The molecule has 0 aliphatic heterocycles. The summed E-state index contributed by atoms with van der Waals surface area (Å²) >= 11 is 12.0. The lowest BCUT2D eigenvalue weighted by Gasteiger charge is -2.11. The van der Waals surface area contributed by atoms with Crippen molar-refractivity contribution in [3.05, 3.63) is 63.4 Å². The Balaban J connectivity index is 1.72. The average Bonchev–Trinajstić information content (AvgIpc) is 3.01. The molecule has 9 heteroatoms. The fourth-order valence-corrected chi connectivity index (χ4v) is 3.05. The van der Waals surface area contributed by atoms with Crippen molar-refractivity contribution in [1.29, 1.82) is 0 Å². The van der Waals surface area contributed by atoms with Gasteiger partial charge >= 0.3 is 6.03 Å². The van der Waals surface area contributed by atoms with Gasteiger partial charge in [-0.15, -0.1) is 0 Å². The van der Waals surface area contributed by atoms with E-state index in [0.717, 1.165) is 11.1 Å². The number of hydrogen-bond donors (Lipinski definition) is 2. The molecule has 2 aromatic carbocycles. The summed E-state index contributed by atoms with van der Waals surface area (Å²) < 4.78 is 1.41. The molecule has 3 aromatic rings. The van der Waals surface area contributed by atoms with E-state index in [2.05, 4.69) is 20.7 Å². The summed E-state index contributed by atoms with van der Waals surface area (Å²) in [5.41, 5.74) is 3.28. The first-order chi connectivity index (χ1) is 13.7. The van der Waals surface area contributed by atoms with Crippen LogP contribution in [0.4, 0.5) is 10.5 Å². The largest absolute Gasteiger partial charge is 0.325 e. The summed E-state index contributed by atoms with van der Waals surface area (Å²) in [5, 5.41) is 10.0. The highest BCUT2D eigenvalue weighted by Gasteiger charge is 2.16. The smallest absolute Gasteiger partial charge is 0.307 e. The Morgan fingerprint density at radius 3 is 2.55 bits per heavy atom. The van der Waals surface area contributed by atoms with Crippen LogP contribution in [0.3, 0.4) is 0 Å². The summed E-state index contributed by atoms with van der Waals surface area (Å²) in [6.07, 6.45) is 0. The minimum Gasteiger partial charge on any atom is -0.307 e. The highest BCUT2D eigenvalue weighted by atomic mass is 35.5. The van der Waals surface area contributed by atoms with Crippen LogP contribution in [0.5, 0.6) is 0 Å². The molecular weight excluding hydrogens is 413 g/mol. The van der Waals surface area contributed by atoms with Crippen molar-refractivity contribution in [2.75, 3.05) is 5.32 Å². The van der Waals surface area contributed by atoms with Crippen LogP contribution in [0.1, 0.15) is 17.0 Å². The minimum absolute atomic E-state index is 0.184. The summed E-state index contributed by atoms with van der Waals surface area (Å²) in [6.45, 7) is 5.37. The van der Waals surface area contributed by atoms with Crippen LogP contribution >= 0.6 is 23.2 Å². The second-order valence-electron chi connectivity index (χ2n) is 6.52. The summed E-state index contributed by atoms with van der Waals surface area (Å²) in [5.74, 6) is 0.406. The van der Waals surface area contributed by atoms with Crippen LogP contribution in [0.2, 0.25) is 10.0 Å².